The van der Waals surface area contributed by atoms with Crippen molar-refractivity contribution < 1.29 is 28.7 Å². The number of nitrogens with one attached hydrogen (secondary N) is 4. The summed E-state index contributed by atoms with van der Waals surface area (Å²) in [4.78, 5) is 71.5. The van der Waals surface area contributed by atoms with Crippen LogP contribution in [0.1, 0.15) is 105 Å². The molecular weight excluding hydrogens is 854 g/mol. The van der Waals surface area contributed by atoms with Crippen LogP contribution in [0.25, 0.3) is 5.00 Å². The predicted octanol–water partition coefficient (Wildman–Crippen LogP) is 5.72. The van der Waals surface area contributed by atoms with Crippen LogP contribution in [0, 0.1) is 20.8 Å². The fourth-order valence-corrected chi connectivity index (χ4v) is 9.58. The fraction of sp³-hybridized carbons (Fsp3) is 0.362. The molecule has 3 aliphatic rings. The first-order valence-electron chi connectivity index (χ1n) is 21.5. The summed E-state index contributed by atoms with van der Waals surface area (Å²) in [6.45, 7) is 8.25. The number of hydrogen-bond acceptors (Lipinski definition) is 11. The van der Waals surface area contributed by atoms with Crippen molar-refractivity contribution in [2.45, 2.75) is 91.1 Å². The minimum Gasteiger partial charge on any atom is -0.489 e. The van der Waals surface area contributed by atoms with Gasteiger partial charge in [0.1, 0.15) is 35.3 Å². The number of rotatable bonds is 16. The number of carbonyl (C=O) groups excluding carboxylic acids is 5. The number of amides is 5. The Kier molecular flexibility index (Phi) is 13.6. The number of halogens is 1. The molecule has 15 nitrogen and oxygen atoms in total. The zero-order valence-corrected chi connectivity index (χ0v) is 37.5. The summed E-state index contributed by atoms with van der Waals surface area (Å²) in [6.07, 6.45) is 2.84. The molecule has 4 N–H and O–H groups in total. The minimum absolute atomic E-state index is 0.115. The third kappa shape index (κ3) is 9.78. The Morgan fingerprint density at radius 2 is 1.69 bits per heavy atom. The number of thiophene rings is 1. The number of aryl methyl sites for hydroxylation is 2. The van der Waals surface area contributed by atoms with E-state index in [1.807, 2.05) is 66.1 Å². The van der Waals surface area contributed by atoms with Crippen molar-refractivity contribution in [3.8, 4) is 10.8 Å². The van der Waals surface area contributed by atoms with Gasteiger partial charge >= 0.3 is 0 Å². The fourth-order valence-electron chi connectivity index (χ4n) is 8.24. The molecule has 3 aromatic carbocycles. The van der Waals surface area contributed by atoms with E-state index in [4.69, 9.17) is 21.3 Å². The largest absolute Gasteiger partial charge is 0.489 e. The summed E-state index contributed by atoms with van der Waals surface area (Å²) >= 11 is 7.90. The van der Waals surface area contributed by atoms with Crippen LogP contribution in [0.15, 0.2) is 71.7 Å². The number of ether oxygens (including phenoxy) is 1. The molecule has 1 fully saturated rings. The normalized spacial score (nSPS) is 16.8. The molecule has 0 bridgehead atoms. The lowest BCUT2D eigenvalue weighted by atomic mass is 9.99. The smallest absolute Gasteiger partial charge is 0.255 e. The minimum atomic E-state index is -0.702. The Bertz CT molecular complexity index is 2620. The van der Waals surface area contributed by atoms with E-state index in [9.17, 15) is 24.0 Å². The molecule has 332 valence electrons. The first kappa shape index (κ1) is 44.4. The summed E-state index contributed by atoms with van der Waals surface area (Å²) in [7, 11) is 0. The highest BCUT2D eigenvalue weighted by atomic mass is 35.5. The lowest BCUT2D eigenvalue weighted by Crippen LogP contribution is -2.46. The van der Waals surface area contributed by atoms with E-state index < -0.39 is 18.0 Å². The van der Waals surface area contributed by atoms with Crippen LogP contribution in [0.5, 0.6) is 5.75 Å². The molecule has 5 heterocycles. The number of imide groups is 1. The molecule has 1 unspecified atom stereocenters. The van der Waals surface area contributed by atoms with Gasteiger partial charge in [-0.05, 0) is 94.0 Å². The summed E-state index contributed by atoms with van der Waals surface area (Å²) in [5.41, 5.74) is 6.94. The first-order valence-corrected chi connectivity index (χ1v) is 22.7. The first-order chi connectivity index (χ1) is 30.9. The quantitative estimate of drug-likeness (QED) is 0.0709. The van der Waals surface area contributed by atoms with Crippen molar-refractivity contribution in [3.63, 3.8) is 0 Å². The third-order valence-electron chi connectivity index (χ3n) is 11.8. The number of fused-ring (bicyclic) bond motifs is 4. The molecule has 5 amide bonds. The van der Waals surface area contributed by atoms with Gasteiger partial charge in [0, 0.05) is 51.7 Å². The second kappa shape index (κ2) is 19.7. The van der Waals surface area contributed by atoms with Crippen LogP contribution in [0.2, 0.25) is 5.02 Å². The van der Waals surface area contributed by atoms with Crippen LogP contribution in [0.3, 0.4) is 0 Å². The van der Waals surface area contributed by atoms with Gasteiger partial charge in [-0.15, -0.1) is 21.5 Å². The van der Waals surface area contributed by atoms with Crippen LogP contribution >= 0.6 is 22.9 Å². The molecule has 64 heavy (non-hydrogen) atoms. The zero-order chi connectivity index (χ0) is 44.9. The van der Waals surface area contributed by atoms with E-state index in [0.29, 0.717) is 54.6 Å². The van der Waals surface area contributed by atoms with Crippen molar-refractivity contribution in [1.29, 1.82) is 0 Å². The maximum atomic E-state index is 13.3. The van der Waals surface area contributed by atoms with Gasteiger partial charge in [0.05, 0.1) is 25.2 Å². The number of nitrogens with zero attached hydrogens (tertiary/aromatic N) is 5. The Balaban J connectivity index is 0.746. The summed E-state index contributed by atoms with van der Waals surface area (Å²) in [5.74, 6) is 0.687. The maximum Gasteiger partial charge on any atom is 0.255 e. The van der Waals surface area contributed by atoms with Crippen LogP contribution in [-0.4, -0.2) is 80.6 Å². The highest BCUT2D eigenvalue weighted by molar-refractivity contribution is 7.15. The standard InChI is InChI=1S/C47H50ClN9O6S/c1-27-28(2)64-47-42(27)43(32-16-18-33(48)19-17-32)52-36(44-55-54-29(3)57(44)47)22-40(59)50-21-5-4-20-49-24-41(60)51-23-30-12-14-31(15-13-30)26-63-38-10-6-8-34-35(38)25-56(46(34)62)37-9-7-11-39(58)53-45(37)61/h6,8,10,12-19,36-37,49H,4-5,7,9,11,20-26H2,1-3H3,(H,50,59)(H,51,60)(H,53,58,61)/t36?,37-/m0/s1. The highest BCUT2D eigenvalue weighted by Crippen LogP contribution is 2.40. The van der Waals surface area contributed by atoms with Crippen LogP contribution in [-0.2, 0) is 38.9 Å². The Morgan fingerprint density at radius 1 is 0.922 bits per heavy atom. The maximum absolute atomic E-state index is 13.3. The van der Waals surface area contributed by atoms with Crippen molar-refractivity contribution in [2.24, 2.45) is 4.99 Å². The monoisotopic (exact) mass is 903 g/mol. The molecule has 0 saturated carbocycles. The SMILES string of the molecule is Cc1sc2c(c1C)C(c1ccc(Cl)cc1)=NC(CC(=O)NCCCCNCC(=O)NCc1ccc(COc3cccc4c3CN([C@H]3CCCC(=O)NC3=O)C4=O)cc1)c1nnc(C)n1-2. The number of benzene rings is 3. The molecular formula is C47H50ClN9O6S. The second-order valence-corrected chi connectivity index (χ2v) is 17.9. The number of aromatic nitrogens is 3. The van der Waals surface area contributed by atoms with Gasteiger partial charge in [-0.25, -0.2) is 0 Å². The zero-order valence-electron chi connectivity index (χ0n) is 36.0. The van der Waals surface area contributed by atoms with Crippen molar-refractivity contribution >= 4 is 58.2 Å². The van der Waals surface area contributed by atoms with Crippen molar-refractivity contribution in [2.75, 3.05) is 19.6 Å². The summed E-state index contributed by atoms with van der Waals surface area (Å²) in [6, 6.07) is 19.4. The molecule has 17 heteroatoms. The third-order valence-corrected chi connectivity index (χ3v) is 13.3. The van der Waals surface area contributed by atoms with Gasteiger partial charge in [0.15, 0.2) is 5.82 Å². The highest BCUT2D eigenvalue weighted by Gasteiger charge is 2.39. The van der Waals surface area contributed by atoms with Gasteiger partial charge in [-0.3, -0.25) is 38.8 Å². The van der Waals surface area contributed by atoms with E-state index in [0.717, 1.165) is 62.8 Å². The summed E-state index contributed by atoms with van der Waals surface area (Å²) in [5, 5.41) is 22.1. The Hall–Kier alpha value is -6.23. The Labute approximate surface area is 380 Å². The number of unbranched alkanes of at least 4 members (excludes halogenated alkanes) is 1. The lowest BCUT2D eigenvalue weighted by Gasteiger charge is -2.24. The van der Waals surface area contributed by atoms with Gasteiger partial charge in [-0.2, -0.15) is 0 Å². The summed E-state index contributed by atoms with van der Waals surface area (Å²) < 4.78 is 8.19. The molecule has 3 aliphatic heterocycles. The van der Waals surface area contributed by atoms with E-state index >= 15 is 0 Å². The molecule has 0 aliphatic carbocycles. The molecule has 8 rings (SSSR count). The molecule has 2 aromatic heterocycles. The second-order valence-electron chi connectivity index (χ2n) is 16.3. The van der Waals surface area contributed by atoms with E-state index in [1.165, 1.54) is 9.78 Å². The lowest BCUT2D eigenvalue weighted by molar-refractivity contribution is -0.132. The molecule has 1 saturated heterocycles. The Morgan fingerprint density at radius 3 is 2.48 bits per heavy atom. The number of aliphatic imine (C=N–C) groups is 1. The molecule has 0 spiro atoms. The predicted molar refractivity (Wildman–Crippen MR) is 243 cm³/mol. The molecule has 0 radical (unpaired) electrons. The number of hydrogen-bond donors (Lipinski definition) is 4. The average molecular weight is 904 g/mol. The van der Waals surface area contributed by atoms with Gasteiger partial charge in [-0.1, -0.05) is 54.1 Å². The van der Waals surface area contributed by atoms with Gasteiger partial charge in [0.25, 0.3) is 5.91 Å². The van der Waals surface area contributed by atoms with E-state index in [2.05, 4.69) is 45.3 Å². The van der Waals surface area contributed by atoms with E-state index in [-0.39, 0.29) is 56.2 Å². The van der Waals surface area contributed by atoms with Crippen molar-refractivity contribution in [1.82, 2.24) is 40.9 Å². The van der Waals surface area contributed by atoms with E-state index in [1.54, 1.807) is 23.5 Å². The van der Waals surface area contributed by atoms with Gasteiger partial charge < -0.3 is 25.6 Å². The van der Waals surface area contributed by atoms with Crippen LogP contribution < -0.4 is 26.0 Å². The molecule has 5 aromatic rings. The topological polar surface area (TPSA) is 189 Å². The van der Waals surface area contributed by atoms with Crippen molar-refractivity contribution in [3.05, 3.63) is 127 Å². The molecule has 2 atom stereocenters. The number of carbonyl (C=O) groups is 5. The van der Waals surface area contributed by atoms with Crippen LogP contribution in [0.4, 0.5) is 0 Å². The van der Waals surface area contributed by atoms with Gasteiger partial charge in [0.2, 0.25) is 23.6 Å². The average Bonchev–Trinajstić information content (AvgIpc) is 3.85.